The van der Waals surface area contributed by atoms with E-state index in [9.17, 15) is 4.79 Å². The summed E-state index contributed by atoms with van der Waals surface area (Å²) in [6.07, 6.45) is 5.99. The van der Waals surface area contributed by atoms with E-state index in [0.29, 0.717) is 0 Å². The molecule has 1 N–H and O–H groups in total. The van der Waals surface area contributed by atoms with Gasteiger partial charge in [-0.2, -0.15) is 0 Å². The van der Waals surface area contributed by atoms with Crippen molar-refractivity contribution in [2.75, 3.05) is 7.11 Å². The van der Waals surface area contributed by atoms with Crippen LogP contribution in [0.3, 0.4) is 0 Å². The molecule has 1 aliphatic rings. The first-order valence-electron chi connectivity index (χ1n) is 6.43. The molecule has 0 aliphatic heterocycles. The fourth-order valence-corrected chi connectivity index (χ4v) is 2.20. The Kier molecular flexibility index (Phi) is 7.18. The van der Waals surface area contributed by atoms with Crippen LogP contribution in [0.1, 0.15) is 59.8 Å². The fourth-order valence-electron chi connectivity index (χ4n) is 2.20. The van der Waals surface area contributed by atoms with E-state index in [1.165, 1.54) is 39.2 Å². The first-order valence-corrected chi connectivity index (χ1v) is 6.43. The van der Waals surface area contributed by atoms with Gasteiger partial charge < -0.3 is 10.1 Å². The van der Waals surface area contributed by atoms with Crippen LogP contribution in [-0.4, -0.2) is 19.2 Å². The molecule has 0 saturated heterocycles. The van der Waals surface area contributed by atoms with Gasteiger partial charge in [0.15, 0.2) is 0 Å². The highest BCUT2D eigenvalue weighted by atomic mass is 16.5. The predicted octanol–water partition coefficient (Wildman–Crippen LogP) is 3.73. The SMILES string of the molecule is CC.COC(=O)NC(C)C1(C)CCCCC1. The molecule has 3 heteroatoms. The third kappa shape index (κ3) is 4.42. The molecule has 0 radical (unpaired) electrons. The molecule has 1 amide bonds. The maximum atomic E-state index is 11.1. The zero-order chi connectivity index (χ0) is 12.6. The molecule has 1 aliphatic carbocycles. The Labute approximate surface area is 99.9 Å². The smallest absolute Gasteiger partial charge is 0.407 e. The Morgan fingerprint density at radius 3 is 2.19 bits per heavy atom. The molecule has 1 unspecified atom stereocenters. The largest absolute Gasteiger partial charge is 0.453 e. The summed E-state index contributed by atoms with van der Waals surface area (Å²) in [5, 5.41) is 2.88. The van der Waals surface area contributed by atoms with E-state index in [2.05, 4.69) is 23.9 Å². The van der Waals surface area contributed by atoms with Crippen molar-refractivity contribution >= 4 is 6.09 Å². The van der Waals surface area contributed by atoms with Gasteiger partial charge in [0, 0.05) is 6.04 Å². The van der Waals surface area contributed by atoms with Crippen molar-refractivity contribution in [3.63, 3.8) is 0 Å². The van der Waals surface area contributed by atoms with Crippen LogP contribution in [0.25, 0.3) is 0 Å². The minimum absolute atomic E-state index is 0.204. The number of carbonyl (C=O) groups is 1. The van der Waals surface area contributed by atoms with Crippen LogP contribution >= 0.6 is 0 Å². The van der Waals surface area contributed by atoms with Gasteiger partial charge in [0.2, 0.25) is 0 Å². The highest BCUT2D eigenvalue weighted by molar-refractivity contribution is 5.67. The molecule has 1 saturated carbocycles. The van der Waals surface area contributed by atoms with Crippen LogP contribution in [0.15, 0.2) is 0 Å². The molecule has 1 fully saturated rings. The van der Waals surface area contributed by atoms with E-state index < -0.39 is 0 Å². The fraction of sp³-hybridized carbons (Fsp3) is 0.923. The van der Waals surface area contributed by atoms with Crippen molar-refractivity contribution < 1.29 is 9.53 Å². The van der Waals surface area contributed by atoms with E-state index in [1.54, 1.807) is 0 Å². The van der Waals surface area contributed by atoms with Gasteiger partial charge in [0.25, 0.3) is 0 Å². The Morgan fingerprint density at radius 1 is 1.25 bits per heavy atom. The second kappa shape index (κ2) is 7.53. The Hall–Kier alpha value is -0.730. The van der Waals surface area contributed by atoms with Crippen molar-refractivity contribution in [3.05, 3.63) is 0 Å². The van der Waals surface area contributed by atoms with Gasteiger partial charge in [-0.1, -0.05) is 40.0 Å². The molecule has 16 heavy (non-hydrogen) atoms. The molecule has 96 valence electrons. The quantitative estimate of drug-likeness (QED) is 0.783. The zero-order valence-electron chi connectivity index (χ0n) is 11.4. The molecule has 0 aromatic rings. The minimum atomic E-state index is -0.315. The first kappa shape index (κ1) is 15.3. The van der Waals surface area contributed by atoms with Gasteiger partial charge >= 0.3 is 6.09 Å². The van der Waals surface area contributed by atoms with Crippen molar-refractivity contribution in [1.82, 2.24) is 5.32 Å². The maximum Gasteiger partial charge on any atom is 0.407 e. The molecule has 0 aromatic carbocycles. The topological polar surface area (TPSA) is 38.3 Å². The van der Waals surface area contributed by atoms with Crippen LogP contribution in [0, 0.1) is 5.41 Å². The van der Waals surface area contributed by atoms with Crippen LogP contribution in [0.2, 0.25) is 0 Å². The molecule has 1 atom stereocenters. The number of rotatable bonds is 2. The van der Waals surface area contributed by atoms with Crippen molar-refractivity contribution in [2.24, 2.45) is 5.41 Å². The highest BCUT2D eigenvalue weighted by Gasteiger charge is 2.33. The van der Waals surface area contributed by atoms with Gasteiger partial charge in [-0.05, 0) is 25.2 Å². The number of ether oxygens (including phenoxy) is 1. The number of methoxy groups -OCH3 is 1. The summed E-state index contributed by atoms with van der Waals surface area (Å²) in [6.45, 7) is 8.33. The molecular formula is C13H27NO2. The average molecular weight is 229 g/mol. The van der Waals surface area contributed by atoms with Crippen LogP contribution in [0.5, 0.6) is 0 Å². The third-order valence-electron chi connectivity index (χ3n) is 3.56. The second-order valence-corrected chi connectivity index (χ2v) is 4.57. The van der Waals surface area contributed by atoms with E-state index in [-0.39, 0.29) is 17.6 Å². The summed E-state index contributed by atoms with van der Waals surface area (Å²) < 4.78 is 4.61. The second-order valence-electron chi connectivity index (χ2n) is 4.57. The monoisotopic (exact) mass is 229 g/mol. The van der Waals surface area contributed by atoms with Gasteiger partial charge in [-0.15, -0.1) is 0 Å². The highest BCUT2D eigenvalue weighted by Crippen LogP contribution is 2.38. The normalized spacial score (nSPS) is 20.1. The lowest BCUT2D eigenvalue weighted by atomic mass is 9.71. The Bertz CT molecular complexity index is 198. The molecule has 0 bridgehead atoms. The Balaban J connectivity index is 0.00000106. The standard InChI is InChI=1S/C11H21NO2.C2H6/c1-9(12-10(13)14-3)11(2)7-5-4-6-8-11;1-2/h9H,4-8H2,1-3H3,(H,12,13);1-2H3. The number of nitrogens with one attached hydrogen (secondary N) is 1. The number of alkyl carbamates (subject to hydrolysis) is 1. The molecule has 0 spiro atoms. The zero-order valence-corrected chi connectivity index (χ0v) is 11.4. The number of hydrogen-bond acceptors (Lipinski definition) is 2. The lowest BCUT2D eigenvalue weighted by Gasteiger charge is -2.39. The third-order valence-corrected chi connectivity index (χ3v) is 3.56. The van der Waals surface area contributed by atoms with E-state index in [4.69, 9.17) is 0 Å². The summed E-state index contributed by atoms with van der Waals surface area (Å²) in [6, 6.07) is 0.204. The van der Waals surface area contributed by atoms with Crippen LogP contribution < -0.4 is 5.32 Å². The van der Waals surface area contributed by atoms with E-state index >= 15 is 0 Å². The van der Waals surface area contributed by atoms with Gasteiger partial charge in [0.05, 0.1) is 7.11 Å². The Morgan fingerprint density at radius 2 is 1.75 bits per heavy atom. The van der Waals surface area contributed by atoms with Gasteiger partial charge in [-0.3, -0.25) is 0 Å². The maximum absolute atomic E-state index is 11.1. The van der Waals surface area contributed by atoms with Crippen molar-refractivity contribution in [3.8, 4) is 0 Å². The molecule has 0 heterocycles. The van der Waals surface area contributed by atoms with Gasteiger partial charge in [0.1, 0.15) is 0 Å². The number of amides is 1. The lowest BCUT2D eigenvalue weighted by Crippen LogP contribution is -2.45. The minimum Gasteiger partial charge on any atom is -0.453 e. The van der Waals surface area contributed by atoms with E-state index in [1.807, 2.05) is 13.8 Å². The average Bonchev–Trinajstić information content (AvgIpc) is 2.32. The van der Waals surface area contributed by atoms with Crippen molar-refractivity contribution in [1.29, 1.82) is 0 Å². The summed E-state index contributed by atoms with van der Waals surface area (Å²) in [5.41, 5.74) is 0.256. The van der Waals surface area contributed by atoms with Crippen LogP contribution in [0.4, 0.5) is 4.79 Å². The molecule has 3 nitrogen and oxygen atoms in total. The summed E-state index contributed by atoms with van der Waals surface area (Å²) in [4.78, 5) is 11.1. The van der Waals surface area contributed by atoms with E-state index in [0.717, 1.165) is 0 Å². The first-order chi connectivity index (χ1) is 7.58. The number of hydrogen-bond donors (Lipinski definition) is 1. The summed E-state index contributed by atoms with van der Waals surface area (Å²) >= 11 is 0. The molecule has 1 rings (SSSR count). The lowest BCUT2D eigenvalue weighted by molar-refractivity contribution is 0.128. The summed E-state index contributed by atoms with van der Waals surface area (Å²) in [7, 11) is 1.41. The summed E-state index contributed by atoms with van der Waals surface area (Å²) in [5.74, 6) is 0. The van der Waals surface area contributed by atoms with Gasteiger partial charge in [-0.25, -0.2) is 4.79 Å². The predicted molar refractivity (Wildman–Crippen MR) is 67.5 cm³/mol. The number of carbonyl (C=O) groups excluding carboxylic acids is 1. The molecular weight excluding hydrogens is 202 g/mol. The van der Waals surface area contributed by atoms with Crippen molar-refractivity contribution in [2.45, 2.75) is 65.8 Å². The molecule has 0 aromatic heterocycles. The van der Waals surface area contributed by atoms with Crippen LogP contribution in [-0.2, 0) is 4.74 Å².